The van der Waals surface area contributed by atoms with Crippen molar-refractivity contribution in [3.63, 3.8) is 0 Å². The summed E-state index contributed by atoms with van der Waals surface area (Å²) in [5.74, 6) is -2.53. The molecule has 0 atom stereocenters. The Morgan fingerprint density at radius 2 is 1.86 bits per heavy atom. The van der Waals surface area contributed by atoms with E-state index in [0.717, 1.165) is 0 Å². The molecule has 0 spiro atoms. The largest absolute Gasteiger partial charge is 0.359 e. The molecule has 0 bridgehead atoms. The molecule has 0 aliphatic rings. The van der Waals surface area contributed by atoms with Crippen LogP contribution < -0.4 is 15.4 Å². The van der Waals surface area contributed by atoms with Crippen LogP contribution in [0.4, 0.5) is 20.2 Å². The highest BCUT2D eigenvalue weighted by Gasteiger charge is 2.18. The van der Waals surface area contributed by atoms with E-state index in [1.54, 1.807) is 25.1 Å². The van der Waals surface area contributed by atoms with Crippen LogP contribution in [0.25, 0.3) is 0 Å². The van der Waals surface area contributed by atoms with Crippen LogP contribution in [0.5, 0.6) is 0 Å². The smallest absolute Gasteiger partial charge is 0.288 e. The van der Waals surface area contributed by atoms with Crippen LogP contribution in [0.1, 0.15) is 5.56 Å². The quantitative estimate of drug-likeness (QED) is 0.315. The van der Waals surface area contributed by atoms with E-state index >= 15 is 0 Å². The topological polar surface area (TPSA) is 70.2 Å². The van der Waals surface area contributed by atoms with Crippen molar-refractivity contribution in [2.45, 2.75) is 22.5 Å². The van der Waals surface area contributed by atoms with Crippen LogP contribution in [0, 0.1) is 6.92 Å². The van der Waals surface area contributed by atoms with Crippen molar-refractivity contribution in [1.29, 1.82) is 0 Å². The molecule has 2 aromatic carbocycles. The molecule has 0 amide bonds. The van der Waals surface area contributed by atoms with Gasteiger partial charge in [-0.25, -0.2) is 8.42 Å². The molecular weight excluding hydrogens is 424 g/mol. The summed E-state index contributed by atoms with van der Waals surface area (Å²) in [7, 11) is -3.88. The lowest BCUT2D eigenvalue weighted by Crippen LogP contribution is -2.28. The zero-order chi connectivity index (χ0) is 20.7. The number of benzene rings is 2. The maximum absolute atomic E-state index is 12.8. The van der Waals surface area contributed by atoms with Crippen molar-refractivity contribution in [1.82, 2.24) is 5.32 Å². The maximum atomic E-state index is 12.8. The average molecular weight is 444 g/mol. The average Bonchev–Trinajstić information content (AvgIpc) is 2.62. The number of nitrogens with one attached hydrogen (secondary N) is 3. The molecule has 0 unspecified atom stereocenters. The third-order valence-corrected chi connectivity index (χ3v) is 5.97. The summed E-state index contributed by atoms with van der Waals surface area (Å²) in [4.78, 5) is 0.427. The van der Waals surface area contributed by atoms with Crippen LogP contribution in [0.3, 0.4) is 0 Å². The van der Waals surface area contributed by atoms with Gasteiger partial charge in [0.1, 0.15) is 0 Å². The van der Waals surface area contributed by atoms with Crippen LogP contribution >= 0.6 is 24.0 Å². The number of halogens is 2. The van der Waals surface area contributed by atoms with Crippen molar-refractivity contribution in [2.24, 2.45) is 0 Å². The van der Waals surface area contributed by atoms with E-state index in [1.165, 1.54) is 30.3 Å². The highest BCUT2D eigenvalue weighted by atomic mass is 32.2. The summed E-state index contributed by atoms with van der Waals surface area (Å²) >= 11 is 5.52. The van der Waals surface area contributed by atoms with E-state index in [2.05, 4.69) is 21.9 Å². The fraction of sp³-hybridized carbons (Fsp3) is 0.167. The van der Waals surface area contributed by atoms with Gasteiger partial charge in [-0.1, -0.05) is 23.9 Å². The number of thiocarbonyl (C=S) groups is 1. The van der Waals surface area contributed by atoms with Crippen LogP contribution in [0.15, 0.2) is 64.9 Å². The minimum atomic E-state index is -3.88. The number of rotatable bonds is 8. The Labute approximate surface area is 172 Å². The predicted molar refractivity (Wildman–Crippen MR) is 115 cm³/mol. The highest BCUT2D eigenvalue weighted by molar-refractivity contribution is 7.99. The van der Waals surface area contributed by atoms with Gasteiger partial charge in [-0.15, -0.1) is 6.58 Å². The number of hydrogen-bond donors (Lipinski definition) is 3. The van der Waals surface area contributed by atoms with E-state index < -0.39 is 15.8 Å². The maximum Gasteiger partial charge on any atom is 0.288 e. The molecule has 0 heterocycles. The number of anilines is 2. The molecule has 2 rings (SSSR count). The van der Waals surface area contributed by atoms with Gasteiger partial charge in [-0.2, -0.15) is 8.78 Å². The van der Waals surface area contributed by atoms with Gasteiger partial charge in [-0.3, -0.25) is 4.72 Å². The first-order valence-corrected chi connectivity index (χ1v) is 10.8. The molecule has 0 aromatic heterocycles. The Kier molecular flexibility index (Phi) is 7.78. The summed E-state index contributed by atoms with van der Waals surface area (Å²) < 4.78 is 52.8. The second-order valence-corrected chi connectivity index (χ2v) is 8.73. The Balaban J connectivity index is 2.19. The first-order chi connectivity index (χ1) is 13.2. The van der Waals surface area contributed by atoms with E-state index in [4.69, 9.17) is 12.2 Å². The third kappa shape index (κ3) is 6.47. The molecule has 0 aliphatic heterocycles. The van der Waals surface area contributed by atoms with E-state index in [0.29, 0.717) is 39.6 Å². The van der Waals surface area contributed by atoms with Gasteiger partial charge in [0.05, 0.1) is 4.90 Å². The van der Waals surface area contributed by atoms with Crippen molar-refractivity contribution in [3.05, 3.63) is 60.7 Å². The van der Waals surface area contributed by atoms with Gasteiger partial charge >= 0.3 is 0 Å². The van der Waals surface area contributed by atoms with Gasteiger partial charge in [0, 0.05) is 22.8 Å². The Hall–Kier alpha value is -2.17. The fourth-order valence-corrected chi connectivity index (χ4v) is 4.25. The van der Waals surface area contributed by atoms with Crippen molar-refractivity contribution >= 4 is 50.5 Å². The number of hydrogen-bond acceptors (Lipinski definition) is 4. The molecule has 0 saturated carbocycles. The van der Waals surface area contributed by atoms with Gasteiger partial charge in [0.15, 0.2) is 5.11 Å². The van der Waals surface area contributed by atoms with Gasteiger partial charge in [-0.05, 0) is 61.1 Å². The van der Waals surface area contributed by atoms with Crippen molar-refractivity contribution < 1.29 is 17.2 Å². The van der Waals surface area contributed by atoms with Crippen molar-refractivity contribution in [2.75, 3.05) is 16.6 Å². The zero-order valence-electron chi connectivity index (χ0n) is 14.9. The molecule has 0 saturated heterocycles. The van der Waals surface area contributed by atoms with Crippen molar-refractivity contribution in [3.8, 4) is 0 Å². The van der Waals surface area contributed by atoms with Gasteiger partial charge in [0.2, 0.25) is 0 Å². The summed E-state index contributed by atoms with van der Waals surface area (Å²) in [6, 6.07) is 10.6. The lowest BCUT2D eigenvalue weighted by atomic mass is 10.2. The van der Waals surface area contributed by atoms with Crippen LogP contribution in [-0.2, 0) is 10.0 Å². The molecule has 2 aromatic rings. The summed E-state index contributed by atoms with van der Waals surface area (Å²) in [5.41, 5.74) is 1.34. The molecule has 28 heavy (non-hydrogen) atoms. The fourth-order valence-electron chi connectivity index (χ4n) is 2.22. The number of thioether (sulfide) groups is 1. The summed E-state index contributed by atoms with van der Waals surface area (Å²) in [6.07, 6.45) is 1.65. The Morgan fingerprint density at radius 1 is 1.21 bits per heavy atom. The monoisotopic (exact) mass is 443 g/mol. The van der Waals surface area contributed by atoms with Crippen LogP contribution in [-0.4, -0.2) is 25.8 Å². The Bertz CT molecular complexity index is 949. The molecule has 5 nitrogen and oxygen atoms in total. The molecule has 0 fully saturated rings. The first kappa shape index (κ1) is 22.1. The molecule has 10 heteroatoms. The number of sulfonamides is 1. The number of alkyl halides is 2. The van der Waals surface area contributed by atoms with E-state index in [1.807, 2.05) is 0 Å². The predicted octanol–water partition coefficient (Wildman–Crippen LogP) is 4.58. The van der Waals surface area contributed by atoms with Gasteiger partial charge < -0.3 is 10.6 Å². The minimum Gasteiger partial charge on any atom is -0.359 e. The zero-order valence-corrected chi connectivity index (χ0v) is 17.4. The normalized spacial score (nSPS) is 11.1. The molecular formula is C18H19F2N3O2S3. The second kappa shape index (κ2) is 9.85. The molecule has 0 radical (unpaired) electrons. The standard InChI is InChI=1S/C18H19F2N3O2S3/c1-3-10-21-18(26)22-14-5-4-12(2)16(11-14)28(24,25)23-13-6-8-15(9-7-13)27-17(19)20/h3-9,11,17,23H,1,10H2,2H3,(H2,21,22,26). The lowest BCUT2D eigenvalue weighted by molar-refractivity contribution is 0.252. The highest BCUT2D eigenvalue weighted by Crippen LogP contribution is 2.27. The van der Waals surface area contributed by atoms with E-state index in [9.17, 15) is 17.2 Å². The molecule has 0 aliphatic carbocycles. The van der Waals surface area contributed by atoms with Gasteiger partial charge in [0.25, 0.3) is 15.8 Å². The van der Waals surface area contributed by atoms with Crippen LogP contribution in [0.2, 0.25) is 0 Å². The SMILES string of the molecule is C=CCNC(=S)Nc1ccc(C)c(S(=O)(=O)Nc2ccc(SC(F)F)cc2)c1. The number of aryl methyl sites for hydroxylation is 1. The third-order valence-electron chi connectivity index (χ3n) is 3.47. The first-order valence-electron chi connectivity index (χ1n) is 8.05. The summed E-state index contributed by atoms with van der Waals surface area (Å²) in [6.45, 7) is 5.73. The Morgan fingerprint density at radius 3 is 2.46 bits per heavy atom. The molecule has 150 valence electrons. The summed E-state index contributed by atoms with van der Waals surface area (Å²) in [5, 5.41) is 6.15. The minimum absolute atomic E-state index is 0.0788. The van der Waals surface area contributed by atoms with E-state index in [-0.39, 0.29) is 10.6 Å². The second-order valence-electron chi connectivity index (χ2n) is 5.61. The lowest BCUT2D eigenvalue weighted by Gasteiger charge is -2.14. The molecule has 3 N–H and O–H groups in total.